The third-order valence-electron chi connectivity index (χ3n) is 4.41. The lowest BCUT2D eigenvalue weighted by atomic mass is 9.81. The quantitative estimate of drug-likeness (QED) is 0.884. The highest BCUT2D eigenvalue weighted by molar-refractivity contribution is 5.39. The SMILES string of the molecule is CCC1CN(c2ccccn2)CC2(CCNCO2)C1. The Morgan fingerprint density at radius 2 is 2.47 bits per heavy atom. The minimum atomic E-state index is 0.0295. The summed E-state index contributed by atoms with van der Waals surface area (Å²) < 4.78 is 6.11. The molecule has 0 amide bonds. The molecule has 2 saturated heterocycles. The number of hydrogen-bond acceptors (Lipinski definition) is 4. The molecule has 1 N–H and O–H groups in total. The van der Waals surface area contributed by atoms with Crippen molar-refractivity contribution in [3.63, 3.8) is 0 Å². The summed E-state index contributed by atoms with van der Waals surface area (Å²) in [4.78, 5) is 6.91. The van der Waals surface area contributed by atoms with Gasteiger partial charge in [-0.3, -0.25) is 5.32 Å². The highest BCUT2D eigenvalue weighted by Crippen LogP contribution is 2.35. The Morgan fingerprint density at radius 1 is 1.53 bits per heavy atom. The van der Waals surface area contributed by atoms with Crippen molar-refractivity contribution >= 4 is 5.82 Å². The molecule has 0 aliphatic carbocycles. The van der Waals surface area contributed by atoms with E-state index in [1.807, 2.05) is 12.3 Å². The lowest BCUT2D eigenvalue weighted by Gasteiger charge is -2.48. The second-order valence-electron chi connectivity index (χ2n) is 5.77. The fourth-order valence-electron chi connectivity index (χ4n) is 3.32. The fourth-order valence-corrected chi connectivity index (χ4v) is 3.32. The highest BCUT2D eigenvalue weighted by Gasteiger charge is 2.41. The number of piperidine rings is 1. The van der Waals surface area contributed by atoms with Crippen molar-refractivity contribution in [2.24, 2.45) is 5.92 Å². The van der Waals surface area contributed by atoms with Crippen LogP contribution in [0.15, 0.2) is 24.4 Å². The van der Waals surface area contributed by atoms with Gasteiger partial charge in [-0.15, -0.1) is 0 Å². The molecule has 2 atom stereocenters. The number of aromatic nitrogens is 1. The topological polar surface area (TPSA) is 37.4 Å². The largest absolute Gasteiger partial charge is 0.358 e. The highest BCUT2D eigenvalue weighted by atomic mass is 16.5. The van der Waals surface area contributed by atoms with Gasteiger partial charge >= 0.3 is 0 Å². The summed E-state index contributed by atoms with van der Waals surface area (Å²) in [6.45, 7) is 6.11. The van der Waals surface area contributed by atoms with Gasteiger partial charge in [-0.2, -0.15) is 0 Å². The Balaban J connectivity index is 1.81. The van der Waals surface area contributed by atoms with E-state index < -0.39 is 0 Å². The van der Waals surface area contributed by atoms with Crippen LogP contribution in [0.25, 0.3) is 0 Å². The minimum Gasteiger partial charge on any atom is -0.358 e. The van der Waals surface area contributed by atoms with Gasteiger partial charge in [0.2, 0.25) is 0 Å². The molecule has 1 aromatic rings. The van der Waals surface area contributed by atoms with Crippen LogP contribution in [0.4, 0.5) is 5.82 Å². The summed E-state index contributed by atoms with van der Waals surface area (Å²) in [6, 6.07) is 6.14. The van der Waals surface area contributed by atoms with Crippen LogP contribution in [0, 0.1) is 5.92 Å². The van der Waals surface area contributed by atoms with Crippen LogP contribution in [0.1, 0.15) is 26.2 Å². The molecule has 2 aliphatic heterocycles. The summed E-state index contributed by atoms with van der Waals surface area (Å²) in [5, 5.41) is 3.29. The number of pyridine rings is 1. The zero-order chi connectivity index (χ0) is 13.1. The molecule has 2 aliphatic rings. The van der Waals surface area contributed by atoms with Gasteiger partial charge in [0.15, 0.2) is 0 Å². The summed E-state index contributed by atoms with van der Waals surface area (Å²) >= 11 is 0. The predicted molar refractivity (Wildman–Crippen MR) is 76.2 cm³/mol. The first kappa shape index (κ1) is 12.9. The minimum absolute atomic E-state index is 0.0295. The Kier molecular flexibility index (Phi) is 3.71. The molecule has 3 heterocycles. The molecule has 4 heteroatoms. The van der Waals surface area contributed by atoms with Crippen LogP contribution in [0.3, 0.4) is 0 Å². The molecule has 2 unspecified atom stereocenters. The zero-order valence-corrected chi connectivity index (χ0v) is 11.6. The molecular weight excluding hydrogens is 238 g/mol. The van der Waals surface area contributed by atoms with E-state index in [0.29, 0.717) is 12.6 Å². The van der Waals surface area contributed by atoms with E-state index in [1.165, 1.54) is 12.8 Å². The molecule has 1 spiro atoms. The third kappa shape index (κ3) is 2.74. The van der Waals surface area contributed by atoms with Gasteiger partial charge in [0.25, 0.3) is 0 Å². The number of nitrogens with zero attached hydrogens (tertiary/aromatic N) is 2. The van der Waals surface area contributed by atoms with Crippen LogP contribution >= 0.6 is 0 Å². The van der Waals surface area contributed by atoms with Gasteiger partial charge in [-0.1, -0.05) is 19.4 Å². The Morgan fingerprint density at radius 3 is 3.16 bits per heavy atom. The van der Waals surface area contributed by atoms with Crippen LogP contribution in [0.2, 0.25) is 0 Å². The molecule has 3 rings (SSSR count). The van der Waals surface area contributed by atoms with Gasteiger partial charge in [-0.05, 0) is 30.9 Å². The van der Waals surface area contributed by atoms with Crippen LogP contribution < -0.4 is 10.2 Å². The maximum atomic E-state index is 6.11. The average molecular weight is 261 g/mol. The first-order valence-corrected chi connectivity index (χ1v) is 7.32. The average Bonchev–Trinajstić information content (AvgIpc) is 2.48. The van der Waals surface area contributed by atoms with E-state index >= 15 is 0 Å². The van der Waals surface area contributed by atoms with Crippen LogP contribution in [-0.2, 0) is 4.74 Å². The van der Waals surface area contributed by atoms with E-state index in [0.717, 1.165) is 31.9 Å². The van der Waals surface area contributed by atoms with E-state index in [9.17, 15) is 0 Å². The van der Waals surface area contributed by atoms with Gasteiger partial charge in [0.05, 0.1) is 12.3 Å². The molecule has 0 radical (unpaired) electrons. The van der Waals surface area contributed by atoms with Crippen molar-refractivity contribution < 1.29 is 4.74 Å². The van der Waals surface area contributed by atoms with Crippen molar-refractivity contribution in [3.05, 3.63) is 24.4 Å². The van der Waals surface area contributed by atoms with Gasteiger partial charge in [0.1, 0.15) is 5.82 Å². The Hall–Kier alpha value is -1.13. The fraction of sp³-hybridized carbons (Fsp3) is 0.667. The normalized spacial score (nSPS) is 31.6. The smallest absolute Gasteiger partial charge is 0.128 e. The summed E-state index contributed by atoms with van der Waals surface area (Å²) in [5.41, 5.74) is 0.0295. The van der Waals surface area contributed by atoms with E-state index in [1.54, 1.807) is 0 Å². The molecule has 104 valence electrons. The molecule has 2 fully saturated rings. The number of rotatable bonds is 2. The van der Waals surface area contributed by atoms with Crippen LogP contribution in [-0.4, -0.2) is 37.0 Å². The summed E-state index contributed by atoms with van der Waals surface area (Å²) in [6.07, 6.45) is 5.38. The summed E-state index contributed by atoms with van der Waals surface area (Å²) in [7, 11) is 0. The monoisotopic (exact) mass is 261 g/mol. The zero-order valence-electron chi connectivity index (χ0n) is 11.6. The number of ether oxygens (including phenoxy) is 1. The summed E-state index contributed by atoms with van der Waals surface area (Å²) in [5.74, 6) is 1.79. The Labute approximate surface area is 115 Å². The van der Waals surface area contributed by atoms with Gasteiger partial charge in [-0.25, -0.2) is 4.98 Å². The first-order valence-electron chi connectivity index (χ1n) is 7.32. The number of nitrogens with one attached hydrogen (secondary N) is 1. The molecule has 19 heavy (non-hydrogen) atoms. The van der Waals surface area contributed by atoms with Crippen molar-refractivity contribution in [3.8, 4) is 0 Å². The molecule has 1 aromatic heterocycles. The van der Waals surface area contributed by atoms with E-state index in [4.69, 9.17) is 4.74 Å². The molecule has 0 bridgehead atoms. The maximum absolute atomic E-state index is 6.11. The van der Waals surface area contributed by atoms with Crippen LogP contribution in [0.5, 0.6) is 0 Å². The van der Waals surface area contributed by atoms with Gasteiger partial charge in [0, 0.05) is 25.8 Å². The van der Waals surface area contributed by atoms with E-state index in [2.05, 4.69) is 34.3 Å². The second kappa shape index (κ2) is 5.47. The molecule has 0 aromatic carbocycles. The maximum Gasteiger partial charge on any atom is 0.128 e. The van der Waals surface area contributed by atoms with Crippen molar-refractivity contribution in [1.29, 1.82) is 0 Å². The van der Waals surface area contributed by atoms with Crippen molar-refractivity contribution in [2.45, 2.75) is 31.8 Å². The number of anilines is 1. The third-order valence-corrected chi connectivity index (χ3v) is 4.41. The van der Waals surface area contributed by atoms with Crippen molar-refractivity contribution in [2.75, 3.05) is 31.3 Å². The predicted octanol–water partition coefficient (Wildman–Crippen LogP) is 2.02. The van der Waals surface area contributed by atoms with Gasteiger partial charge < -0.3 is 9.64 Å². The standard InChI is InChI=1S/C15H23N3O/c1-2-13-9-15(6-8-16-12-19-15)11-18(10-13)14-5-3-4-7-17-14/h3-5,7,13,16H,2,6,8-12H2,1H3. The number of hydrogen-bond donors (Lipinski definition) is 1. The van der Waals surface area contributed by atoms with Crippen molar-refractivity contribution in [1.82, 2.24) is 10.3 Å². The van der Waals surface area contributed by atoms with E-state index in [-0.39, 0.29) is 5.60 Å². The molecular formula is C15H23N3O. The Bertz CT molecular complexity index is 403. The lowest BCUT2D eigenvalue weighted by Crippen LogP contribution is -2.57. The lowest BCUT2D eigenvalue weighted by molar-refractivity contribution is -0.100. The molecule has 4 nitrogen and oxygen atoms in total. The first-order chi connectivity index (χ1) is 9.31. The molecule has 0 saturated carbocycles. The second-order valence-corrected chi connectivity index (χ2v) is 5.77.